The van der Waals surface area contributed by atoms with Crippen molar-refractivity contribution < 1.29 is 9.53 Å². The number of nitrogens with zero attached hydrogens (tertiary/aromatic N) is 3. The third-order valence-corrected chi connectivity index (χ3v) is 5.52. The summed E-state index contributed by atoms with van der Waals surface area (Å²) in [4.78, 5) is 30.9. The molecule has 1 N–H and O–H groups in total. The molecule has 2 heterocycles. The number of carbonyl (C=O) groups is 1. The highest BCUT2D eigenvalue weighted by atomic mass is 16.5. The standard InChI is InChI=1S/C26H22N4O3/c1-17-7-5-9-19(13-17)27-24(31)16-29-22-11-3-4-12-23(22)30-25(32)15-21(28-26(29)30)18-8-6-10-20(14-18)33-2/h3-15H,16H2,1-2H3,(H,27,31). The van der Waals surface area contributed by atoms with Crippen molar-refractivity contribution in [2.75, 3.05) is 12.4 Å². The minimum atomic E-state index is -0.216. The molecule has 3 aromatic carbocycles. The van der Waals surface area contributed by atoms with E-state index >= 15 is 0 Å². The fourth-order valence-electron chi connectivity index (χ4n) is 4.02. The average molecular weight is 438 g/mol. The number of benzene rings is 3. The van der Waals surface area contributed by atoms with Gasteiger partial charge in [-0.2, -0.15) is 0 Å². The van der Waals surface area contributed by atoms with Crippen LogP contribution >= 0.6 is 0 Å². The van der Waals surface area contributed by atoms with Crippen LogP contribution in [0.3, 0.4) is 0 Å². The maximum Gasteiger partial charge on any atom is 0.260 e. The van der Waals surface area contributed by atoms with E-state index in [4.69, 9.17) is 9.72 Å². The molecular weight excluding hydrogens is 416 g/mol. The number of amides is 1. The minimum absolute atomic E-state index is 0.0129. The summed E-state index contributed by atoms with van der Waals surface area (Å²) in [7, 11) is 1.59. The lowest BCUT2D eigenvalue weighted by Crippen LogP contribution is -2.20. The van der Waals surface area contributed by atoms with Crippen molar-refractivity contribution in [1.82, 2.24) is 14.0 Å². The SMILES string of the molecule is COc1cccc(-c2cc(=O)n3c4ccccc4n(CC(=O)Nc4cccc(C)c4)c3n2)c1. The first kappa shape index (κ1) is 20.5. The molecule has 5 aromatic rings. The van der Waals surface area contributed by atoms with Crippen LogP contribution in [0.5, 0.6) is 5.75 Å². The zero-order valence-corrected chi connectivity index (χ0v) is 18.3. The molecule has 0 bridgehead atoms. The Morgan fingerprint density at radius 2 is 1.76 bits per heavy atom. The van der Waals surface area contributed by atoms with Crippen LogP contribution in [0.1, 0.15) is 5.56 Å². The van der Waals surface area contributed by atoms with Gasteiger partial charge in [0.15, 0.2) is 0 Å². The van der Waals surface area contributed by atoms with Crippen LogP contribution in [-0.4, -0.2) is 27.0 Å². The average Bonchev–Trinajstić information content (AvgIpc) is 3.13. The Morgan fingerprint density at radius 3 is 2.55 bits per heavy atom. The highest BCUT2D eigenvalue weighted by Gasteiger charge is 2.17. The number of anilines is 1. The van der Waals surface area contributed by atoms with Gasteiger partial charge in [-0.15, -0.1) is 0 Å². The van der Waals surface area contributed by atoms with E-state index in [2.05, 4.69) is 5.32 Å². The van der Waals surface area contributed by atoms with Gasteiger partial charge in [0.05, 0.1) is 23.8 Å². The lowest BCUT2D eigenvalue weighted by Gasteiger charge is -2.09. The lowest BCUT2D eigenvalue weighted by atomic mass is 10.1. The normalized spacial score (nSPS) is 11.1. The van der Waals surface area contributed by atoms with Gasteiger partial charge in [-0.25, -0.2) is 9.38 Å². The third kappa shape index (κ3) is 3.85. The number of aromatic nitrogens is 3. The Labute approximate surface area is 189 Å². The molecule has 0 aliphatic heterocycles. The van der Waals surface area contributed by atoms with Crippen molar-refractivity contribution >= 4 is 28.4 Å². The maximum absolute atomic E-state index is 13.1. The molecule has 0 radical (unpaired) electrons. The van der Waals surface area contributed by atoms with Crippen molar-refractivity contribution in [2.45, 2.75) is 13.5 Å². The van der Waals surface area contributed by atoms with Gasteiger partial charge >= 0.3 is 0 Å². The zero-order valence-electron chi connectivity index (χ0n) is 18.3. The number of methoxy groups -OCH3 is 1. The number of para-hydroxylation sites is 2. The number of ether oxygens (including phenoxy) is 1. The zero-order chi connectivity index (χ0) is 22.9. The lowest BCUT2D eigenvalue weighted by molar-refractivity contribution is -0.116. The Bertz CT molecular complexity index is 1570. The van der Waals surface area contributed by atoms with E-state index in [9.17, 15) is 9.59 Å². The van der Waals surface area contributed by atoms with E-state index in [1.54, 1.807) is 16.1 Å². The summed E-state index contributed by atoms with van der Waals surface area (Å²) >= 11 is 0. The van der Waals surface area contributed by atoms with Crippen LogP contribution in [0.15, 0.2) is 83.7 Å². The van der Waals surface area contributed by atoms with Crippen LogP contribution in [-0.2, 0) is 11.3 Å². The van der Waals surface area contributed by atoms with Gasteiger partial charge in [0.2, 0.25) is 11.7 Å². The molecule has 7 nitrogen and oxygen atoms in total. The predicted octanol–water partition coefficient (Wildman–Crippen LogP) is 4.27. The Morgan fingerprint density at radius 1 is 0.970 bits per heavy atom. The van der Waals surface area contributed by atoms with Crippen LogP contribution in [0.25, 0.3) is 28.1 Å². The van der Waals surface area contributed by atoms with Crippen LogP contribution < -0.4 is 15.6 Å². The van der Waals surface area contributed by atoms with Gasteiger partial charge in [0.25, 0.3) is 5.56 Å². The summed E-state index contributed by atoms with van der Waals surface area (Å²) in [6.07, 6.45) is 0. The Kier molecular flexibility index (Phi) is 5.14. The quantitative estimate of drug-likeness (QED) is 0.445. The monoisotopic (exact) mass is 438 g/mol. The summed E-state index contributed by atoms with van der Waals surface area (Å²) in [5.74, 6) is 0.873. The number of nitrogens with one attached hydrogen (secondary N) is 1. The summed E-state index contributed by atoms with van der Waals surface area (Å²) in [5, 5.41) is 2.93. The summed E-state index contributed by atoms with van der Waals surface area (Å²) in [5.41, 5.74) is 4.29. The summed E-state index contributed by atoms with van der Waals surface area (Å²) < 4.78 is 8.62. The fourth-order valence-corrected chi connectivity index (χ4v) is 4.02. The first-order valence-electron chi connectivity index (χ1n) is 10.6. The number of hydrogen-bond donors (Lipinski definition) is 1. The first-order valence-corrected chi connectivity index (χ1v) is 10.6. The van der Waals surface area contributed by atoms with Gasteiger partial charge in [-0.3, -0.25) is 9.59 Å². The van der Waals surface area contributed by atoms with Gasteiger partial charge in [0, 0.05) is 17.3 Å². The molecule has 0 fully saturated rings. The van der Waals surface area contributed by atoms with Crippen molar-refractivity contribution in [3.63, 3.8) is 0 Å². The molecule has 164 valence electrons. The van der Waals surface area contributed by atoms with Gasteiger partial charge in [-0.05, 0) is 48.9 Å². The van der Waals surface area contributed by atoms with Crippen molar-refractivity contribution in [3.8, 4) is 17.0 Å². The van der Waals surface area contributed by atoms with E-state index in [0.29, 0.717) is 22.7 Å². The molecule has 1 amide bonds. The molecule has 7 heteroatoms. The van der Waals surface area contributed by atoms with E-state index < -0.39 is 0 Å². The second-order valence-corrected chi connectivity index (χ2v) is 7.84. The van der Waals surface area contributed by atoms with Crippen LogP contribution in [0.4, 0.5) is 5.69 Å². The number of carbonyl (C=O) groups excluding carboxylic acids is 1. The minimum Gasteiger partial charge on any atom is -0.497 e. The second-order valence-electron chi connectivity index (χ2n) is 7.84. The Balaban J connectivity index is 1.63. The molecule has 0 aliphatic carbocycles. The summed E-state index contributed by atoms with van der Waals surface area (Å²) in [6.45, 7) is 1.98. The highest BCUT2D eigenvalue weighted by molar-refractivity contribution is 5.92. The van der Waals surface area contributed by atoms with Crippen molar-refractivity contribution in [1.29, 1.82) is 0 Å². The number of fused-ring (bicyclic) bond motifs is 3. The molecule has 0 aliphatic rings. The van der Waals surface area contributed by atoms with Crippen LogP contribution in [0, 0.1) is 6.92 Å². The van der Waals surface area contributed by atoms with E-state index in [0.717, 1.165) is 22.3 Å². The molecule has 0 saturated carbocycles. The predicted molar refractivity (Wildman–Crippen MR) is 129 cm³/mol. The molecule has 0 spiro atoms. The van der Waals surface area contributed by atoms with E-state index in [-0.39, 0.29) is 18.0 Å². The fraction of sp³-hybridized carbons (Fsp3) is 0.115. The first-order chi connectivity index (χ1) is 16.0. The molecule has 5 rings (SSSR count). The molecule has 0 saturated heterocycles. The van der Waals surface area contributed by atoms with Gasteiger partial charge in [-0.1, -0.05) is 36.4 Å². The van der Waals surface area contributed by atoms with E-state index in [1.165, 1.54) is 6.07 Å². The van der Waals surface area contributed by atoms with E-state index in [1.807, 2.05) is 79.7 Å². The molecule has 0 atom stereocenters. The van der Waals surface area contributed by atoms with Crippen molar-refractivity contribution in [2.24, 2.45) is 0 Å². The molecular formula is C26H22N4O3. The molecule has 33 heavy (non-hydrogen) atoms. The molecule has 2 aromatic heterocycles. The molecule has 0 unspecified atom stereocenters. The van der Waals surface area contributed by atoms with Gasteiger partial charge in [0.1, 0.15) is 12.3 Å². The van der Waals surface area contributed by atoms with Crippen LogP contribution in [0.2, 0.25) is 0 Å². The summed E-state index contributed by atoms with van der Waals surface area (Å²) in [6, 6.07) is 24.0. The number of imidazole rings is 1. The third-order valence-electron chi connectivity index (χ3n) is 5.52. The highest BCUT2D eigenvalue weighted by Crippen LogP contribution is 2.24. The largest absolute Gasteiger partial charge is 0.497 e. The van der Waals surface area contributed by atoms with Crippen molar-refractivity contribution in [3.05, 3.63) is 94.8 Å². The number of rotatable bonds is 5. The second kappa shape index (κ2) is 8.27. The number of aryl methyl sites for hydroxylation is 1. The topological polar surface area (TPSA) is 77.6 Å². The maximum atomic E-state index is 13.1. The Hall–Kier alpha value is -4.39. The number of hydrogen-bond acceptors (Lipinski definition) is 4. The van der Waals surface area contributed by atoms with Gasteiger partial charge < -0.3 is 14.6 Å². The smallest absolute Gasteiger partial charge is 0.260 e.